The first-order valence-electron chi connectivity index (χ1n) is 9.00. The summed E-state index contributed by atoms with van der Waals surface area (Å²) in [5.74, 6) is -0.648. The molecular weight excluding hydrogens is 427 g/mol. The van der Waals surface area contributed by atoms with Crippen LogP contribution in [0, 0.1) is 17.2 Å². The molecule has 2 amide bonds. The number of rotatable bonds is 8. The van der Waals surface area contributed by atoms with Gasteiger partial charge in [-0.3, -0.25) is 9.59 Å². The Bertz CT molecular complexity index is 986. The quantitative estimate of drug-likeness (QED) is 0.475. The van der Waals surface area contributed by atoms with E-state index in [1.165, 1.54) is 18.3 Å². The fraction of sp³-hybridized carbons (Fsp3) is 0.238. The number of halogens is 2. The minimum absolute atomic E-state index is 0.0647. The summed E-state index contributed by atoms with van der Waals surface area (Å²) in [5, 5.41) is 15.8. The number of carbonyl (C=O) groups excluding carboxylic acids is 2. The van der Waals surface area contributed by atoms with Crippen LogP contribution in [0.1, 0.15) is 29.8 Å². The van der Waals surface area contributed by atoms with Gasteiger partial charge in [-0.1, -0.05) is 49.2 Å². The van der Waals surface area contributed by atoms with Gasteiger partial charge in [0.25, 0.3) is 11.8 Å². The van der Waals surface area contributed by atoms with E-state index in [1.807, 2.05) is 6.07 Å². The normalized spacial score (nSPS) is 11.7. The molecule has 0 aromatic heterocycles. The maximum Gasteiger partial charge on any atom is 0.262 e. The number of hydrogen-bond donors (Lipinski definition) is 2. The molecule has 30 heavy (non-hydrogen) atoms. The first-order valence-corrected chi connectivity index (χ1v) is 9.76. The number of carbonyl (C=O) groups is 2. The van der Waals surface area contributed by atoms with E-state index < -0.39 is 17.9 Å². The molecule has 1 unspecified atom stereocenters. The third-order valence-electron chi connectivity index (χ3n) is 3.96. The van der Waals surface area contributed by atoms with Crippen LogP contribution in [-0.4, -0.2) is 30.7 Å². The monoisotopic (exact) mass is 446 g/mol. The van der Waals surface area contributed by atoms with Crippen molar-refractivity contribution in [2.75, 3.05) is 6.61 Å². The maximum absolute atomic E-state index is 12.5. The number of nitrogens with zero attached hydrogens (tertiary/aromatic N) is 2. The standard InChI is InChI=1S/C21H20Cl2N4O3/c1-13(2)19(26-20(28)17-7-6-15(22)11-18(17)23)21(29)27-25-12-14-4-3-5-16(10-14)30-9-8-24/h3-7,10-13,19H,9H2,1-2H3,(H,26,28)(H,27,29)/b25-12+. The van der Waals surface area contributed by atoms with Crippen LogP contribution in [0.3, 0.4) is 0 Å². The number of nitrogens with one attached hydrogen (secondary N) is 2. The van der Waals surface area contributed by atoms with Crippen molar-refractivity contribution in [3.05, 3.63) is 63.6 Å². The Balaban J connectivity index is 2.03. The van der Waals surface area contributed by atoms with Crippen molar-refractivity contribution in [1.82, 2.24) is 10.7 Å². The number of amides is 2. The Morgan fingerprint density at radius 3 is 2.67 bits per heavy atom. The van der Waals surface area contributed by atoms with Gasteiger partial charge in [-0.25, -0.2) is 5.43 Å². The highest BCUT2D eigenvalue weighted by Crippen LogP contribution is 2.21. The van der Waals surface area contributed by atoms with Crippen molar-refractivity contribution in [1.29, 1.82) is 5.26 Å². The van der Waals surface area contributed by atoms with Crippen molar-refractivity contribution >= 4 is 41.2 Å². The molecule has 0 saturated heterocycles. The van der Waals surface area contributed by atoms with Crippen molar-refractivity contribution in [3.63, 3.8) is 0 Å². The Morgan fingerprint density at radius 2 is 2.00 bits per heavy atom. The molecular formula is C21H20Cl2N4O3. The Morgan fingerprint density at radius 1 is 1.23 bits per heavy atom. The zero-order valence-corrected chi connectivity index (χ0v) is 17.9. The zero-order chi connectivity index (χ0) is 22.1. The zero-order valence-electron chi connectivity index (χ0n) is 16.4. The molecule has 0 radical (unpaired) electrons. The number of benzene rings is 2. The average molecular weight is 447 g/mol. The van der Waals surface area contributed by atoms with Crippen molar-refractivity contribution < 1.29 is 14.3 Å². The molecule has 0 bridgehead atoms. The summed E-state index contributed by atoms with van der Waals surface area (Å²) in [5.41, 5.74) is 3.31. The molecule has 2 aromatic carbocycles. The average Bonchev–Trinajstić information content (AvgIpc) is 2.70. The smallest absolute Gasteiger partial charge is 0.262 e. The van der Waals surface area contributed by atoms with E-state index in [9.17, 15) is 9.59 Å². The second kappa shape index (κ2) is 11.2. The fourth-order valence-electron chi connectivity index (χ4n) is 2.47. The Hall–Kier alpha value is -3.08. The molecule has 1 atom stereocenters. The van der Waals surface area contributed by atoms with E-state index in [0.29, 0.717) is 16.3 Å². The summed E-state index contributed by atoms with van der Waals surface area (Å²) in [6, 6.07) is 12.5. The lowest BCUT2D eigenvalue weighted by molar-refractivity contribution is -0.123. The van der Waals surface area contributed by atoms with Crippen molar-refractivity contribution in [3.8, 4) is 11.8 Å². The number of nitriles is 1. The molecule has 0 aliphatic rings. The molecule has 0 aliphatic heterocycles. The van der Waals surface area contributed by atoms with Gasteiger partial charge in [0.05, 0.1) is 16.8 Å². The predicted octanol–water partition coefficient (Wildman–Crippen LogP) is 3.80. The molecule has 9 heteroatoms. The molecule has 7 nitrogen and oxygen atoms in total. The lowest BCUT2D eigenvalue weighted by Crippen LogP contribution is -2.48. The van der Waals surface area contributed by atoms with Gasteiger partial charge in [-0.15, -0.1) is 0 Å². The second-order valence-electron chi connectivity index (χ2n) is 6.57. The van der Waals surface area contributed by atoms with Crippen LogP contribution in [-0.2, 0) is 4.79 Å². The van der Waals surface area contributed by atoms with Gasteiger partial charge < -0.3 is 10.1 Å². The van der Waals surface area contributed by atoms with Gasteiger partial charge in [0.1, 0.15) is 17.9 Å². The summed E-state index contributed by atoms with van der Waals surface area (Å²) in [6.45, 7) is 3.53. The summed E-state index contributed by atoms with van der Waals surface area (Å²) < 4.78 is 5.22. The lowest BCUT2D eigenvalue weighted by atomic mass is 10.0. The van der Waals surface area contributed by atoms with Gasteiger partial charge in [-0.05, 0) is 41.8 Å². The molecule has 0 spiro atoms. The highest BCUT2D eigenvalue weighted by Gasteiger charge is 2.25. The second-order valence-corrected chi connectivity index (χ2v) is 7.42. The lowest BCUT2D eigenvalue weighted by Gasteiger charge is -2.20. The van der Waals surface area contributed by atoms with Gasteiger partial charge in [0.2, 0.25) is 0 Å². The van der Waals surface area contributed by atoms with E-state index in [2.05, 4.69) is 15.8 Å². The molecule has 0 heterocycles. The van der Waals surface area contributed by atoms with Gasteiger partial charge in [0.15, 0.2) is 6.61 Å². The van der Waals surface area contributed by atoms with Crippen LogP contribution >= 0.6 is 23.2 Å². The highest BCUT2D eigenvalue weighted by atomic mass is 35.5. The number of ether oxygens (including phenoxy) is 1. The Kier molecular flexibility index (Phi) is 8.66. The minimum Gasteiger partial charge on any atom is -0.479 e. The van der Waals surface area contributed by atoms with E-state index in [1.54, 1.807) is 44.2 Å². The topological polar surface area (TPSA) is 104 Å². The van der Waals surface area contributed by atoms with Crippen LogP contribution < -0.4 is 15.5 Å². The van der Waals surface area contributed by atoms with E-state index >= 15 is 0 Å². The van der Waals surface area contributed by atoms with E-state index in [4.69, 9.17) is 33.2 Å². The third-order valence-corrected chi connectivity index (χ3v) is 4.51. The molecule has 2 aromatic rings. The number of hydrazone groups is 1. The van der Waals surface area contributed by atoms with Crippen molar-refractivity contribution in [2.45, 2.75) is 19.9 Å². The maximum atomic E-state index is 12.5. The molecule has 0 fully saturated rings. The molecule has 2 rings (SSSR count). The first-order chi connectivity index (χ1) is 14.3. The van der Waals surface area contributed by atoms with Gasteiger partial charge in [-0.2, -0.15) is 10.4 Å². The van der Waals surface area contributed by atoms with E-state index in [-0.39, 0.29) is 23.1 Å². The van der Waals surface area contributed by atoms with Crippen LogP contribution in [0.15, 0.2) is 47.6 Å². The van der Waals surface area contributed by atoms with Crippen LogP contribution in [0.2, 0.25) is 10.0 Å². The van der Waals surface area contributed by atoms with Crippen molar-refractivity contribution in [2.24, 2.45) is 11.0 Å². The molecule has 0 aliphatic carbocycles. The van der Waals surface area contributed by atoms with Gasteiger partial charge in [0, 0.05) is 5.02 Å². The SMILES string of the molecule is CC(C)C(NC(=O)c1ccc(Cl)cc1Cl)C(=O)N/N=C/c1cccc(OCC#N)c1. The number of hydrogen-bond acceptors (Lipinski definition) is 5. The van der Waals surface area contributed by atoms with Gasteiger partial charge >= 0.3 is 0 Å². The Labute approximate surface area is 184 Å². The third kappa shape index (κ3) is 6.76. The largest absolute Gasteiger partial charge is 0.479 e. The predicted molar refractivity (Wildman–Crippen MR) is 116 cm³/mol. The summed E-state index contributed by atoms with van der Waals surface area (Å²) in [7, 11) is 0. The van der Waals surface area contributed by atoms with Crippen LogP contribution in [0.4, 0.5) is 0 Å². The van der Waals surface area contributed by atoms with Crippen LogP contribution in [0.5, 0.6) is 5.75 Å². The summed E-state index contributed by atoms with van der Waals surface area (Å²) >= 11 is 11.9. The first kappa shape index (κ1) is 23.2. The molecule has 156 valence electrons. The summed E-state index contributed by atoms with van der Waals surface area (Å²) in [4.78, 5) is 25.1. The minimum atomic E-state index is -0.827. The van der Waals surface area contributed by atoms with Crippen LogP contribution in [0.25, 0.3) is 0 Å². The van der Waals surface area contributed by atoms with E-state index in [0.717, 1.165) is 0 Å². The molecule has 0 saturated carbocycles. The highest BCUT2D eigenvalue weighted by molar-refractivity contribution is 6.36. The molecule has 2 N–H and O–H groups in total. The fourth-order valence-corrected chi connectivity index (χ4v) is 2.96. The summed E-state index contributed by atoms with van der Waals surface area (Å²) in [6.07, 6.45) is 1.44.